The minimum Gasteiger partial charge on any atom is -0.478 e. The lowest BCUT2D eigenvalue weighted by Crippen LogP contribution is -2.33. The predicted molar refractivity (Wildman–Crippen MR) is 135 cm³/mol. The van der Waals surface area contributed by atoms with Crippen molar-refractivity contribution in [3.05, 3.63) is 59.2 Å². The number of fused-ring (bicyclic) bond motifs is 1. The van der Waals surface area contributed by atoms with Gasteiger partial charge in [0, 0.05) is 17.0 Å². The maximum atomic E-state index is 13.0. The summed E-state index contributed by atoms with van der Waals surface area (Å²) in [7, 11) is 0. The maximum absolute atomic E-state index is 13.0. The molecule has 1 aliphatic rings. The number of aromatic carboxylic acids is 1. The molecule has 0 bridgehead atoms. The number of primary amides is 1. The molecule has 0 spiro atoms. The third-order valence-electron chi connectivity index (χ3n) is 5.55. The topological polar surface area (TPSA) is 125 Å². The van der Waals surface area contributed by atoms with E-state index in [1.54, 1.807) is 28.8 Å². The minimum atomic E-state index is -0.925. The Bertz CT molecular complexity index is 1070. The smallest absolute Gasteiger partial charge is 0.335 e. The van der Waals surface area contributed by atoms with E-state index in [0.717, 1.165) is 60.4 Å². The van der Waals surface area contributed by atoms with Crippen LogP contribution in [0.4, 0.5) is 10.5 Å². The van der Waals surface area contributed by atoms with Gasteiger partial charge in [0.25, 0.3) is 5.91 Å². The molecule has 0 atom stereocenters. The van der Waals surface area contributed by atoms with Crippen LogP contribution in [0.1, 0.15) is 60.5 Å². The number of carboxylic acid groups (broad SMARTS) is 1. The first-order chi connectivity index (χ1) is 16.4. The van der Waals surface area contributed by atoms with E-state index in [4.69, 9.17) is 10.8 Å². The van der Waals surface area contributed by atoms with E-state index in [9.17, 15) is 14.4 Å². The molecule has 3 amide bonds. The van der Waals surface area contributed by atoms with Gasteiger partial charge < -0.3 is 15.7 Å². The summed E-state index contributed by atoms with van der Waals surface area (Å²) in [5, 5.41) is 13.0. The zero-order chi connectivity index (χ0) is 24.5. The first kappa shape index (κ1) is 25.3. The molecule has 3 rings (SSSR count). The molecule has 0 saturated heterocycles. The fraction of sp³-hybridized carbons (Fsp3) is 0.360. The normalized spacial score (nSPS) is 13.9. The molecule has 34 heavy (non-hydrogen) atoms. The van der Waals surface area contributed by atoms with E-state index in [0.29, 0.717) is 12.1 Å². The summed E-state index contributed by atoms with van der Waals surface area (Å²) >= 11 is 1.68. The Morgan fingerprint density at radius 3 is 2.53 bits per heavy atom. The average Bonchev–Trinajstić information content (AvgIpc) is 3.08. The lowest BCUT2D eigenvalue weighted by Gasteiger charge is -2.16. The molecule has 8 nitrogen and oxygen atoms in total. The molecule has 0 unspecified atom stereocenters. The fourth-order valence-electron chi connectivity index (χ4n) is 3.80. The number of amides is 3. The number of thioether (sulfide) groups is 1. The highest BCUT2D eigenvalue weighted by Gasteiger charge is 2.34. The zero-order valence-electron chi connectivity index (χ0n) is 19.3. The summed E-state index contributed by atoms with van der Waals surface area (Å²) in [6.45, 7) is 2.75. The molecule has 1 heterocycles. The highest BCUT2D eigenvalue weighted by Crippen LogP contribution is 2.33. The van der Waals surface area contributed by atoms with Crippen LogP contribution in [0, 0.1) is 0 Å². The van der Waals surface area contributed by atoms with Crippen LogP contribution >= 0.6 is 11.8 Å². The average molecular weight is 483 g/mol. The molecular weight excluding hydrogens is 452 g/mol. The van der Waals surface area contributed by atoms with E-state index in [1.807, 2.05) is 30.3 Å². The van der Waals surface area contributed by atoms with Gasteiger partial charge in [0.1, 0.15) is 0 Å². The minimum absolute atomic E-state index is 0.199. The number of carbonyl (C=O) groups is 3. The summed E-state index contributed by atoms with van der Waals surface area (Å²) in [4.78, 5) is 37.8. The number of anilines is 1. The fourth-order valence-corrected chi connectivity index (χ4v) is 4.69. The number of benzene rings is 2. The highest BCUT2D eigenvalue weighted by atomic mass is 32.2. The van der Waals surface area contributed by atoms with Crippen molar-refractivity contribution >= 4 is 41.1 Å². The third kappa shape index (κ3) is 6.60. The third-order valence-corrected chi connectivity index (χ3v) is 6.63. The van der Waals surface area contributed by atoms with Crippen molar-refractivity contribution < 1.29 is 19.5 Å². The van der Waals surface area contributed by atoms with Crippen LogP contribution in [0.2, 0.25) is 0 Å². The molecule has 2 aromatic rings. The number of rotatable bonds is 12. The van der Waals surface area contributed by atoms with Gasteiger partial charge >= 0.3 is 12.0 Å². The number of nitrogens with zero attached hydrogens (tertiary/aromatic N) is 2. The van der Waals surface area contributed by atoms with Crippen molar-refractivity contribution in [2.45, 2.75) is 50.3 Å². The number of hydrogen-bond acceptors (Lipinski definition) is 5. The number of unbranched alkanes of at least 4 members (excludes halogenated alkanes) is 3. The molecule has 2 aromatic carbocycles. The summed E-state index contributed by atoms with van der Waals surface area (Å²) in [5.74, 6) is -0.293. The quantitative estimate of drug-likeness (QED) is 0.235. The van der Waals surface area contributed by atoms with Gasteiger partial charge in [0.15, 0.2) is 5.71 Å². The van der Waals surface area contributed by atoms with E-state index in [2.05, 4.69) is 17.5 Å². The molecule has 0 aromatic heterocycles. The van der Waals surface area contributed by atoms with Crippen molar-refractivity contribution in [1.82, 2.24) is 5.43 Å². The van der Waals surface area contributed by atoms with Crippen LogP contribution in [0.15, 0.2) is 52.5 Å². The number of carbonyl (C=O) groups excluding carboxylic acids is 2. The van der Waals surface area contributed by atoms with Crippen LogP contribution in [0.5, 0.6) is 0 Å². The number of urea groups is 1. The summed E-state index contributed by atoms with van der Waals surface area (Å²) < 4.78 is 0. The standard InChI is InChI=1S/C25H30N4O4S/c1-2-3-4-5-14-29-21-13-12-19(16-20(21)22(23(29)30)27-28-25(26)33)34-15-6-7-17-8-10-18(11-9-17)24(31)32/h8-13,16H,2-7,14-15H2,1H3,(H,31,32)(H3,26,28,33)/b27-22+. The number of nitrogens with two attached hydrogens (primary N) is 1. The van der Waals surface area contributed by atoms with Crippen LogP contribution in [-0.4, -0.2) is 41.0 Å². The van der Waals surface area contributed by atoms with Crippen molar-refractivity contribution in [3.8, 4) is 0 Å². The van der Waals surface area contributed by atoms with Crippen LogP contribution in [-0.2, 0) is 11.2 Å². The van der Waals surface area contributed by atoms with Gasteiger partial charge in [-0.05, 0) is 60.9 Å². The lowest BCUT2D eigenvalue weighted by atomic mass is 10.1. The van der Waals surface area contributed by atoms with E-state index >= 15 is 0 Å². The second kappa shape index (κ2) is 12.2. The number of nitrogens with one attached hydrogen (secondary N) is 1. The van der Waals surface area contributed by atoms with Gasteiger partial charge in [-0.1, -0.05) is 38.3 Å². The Hall–Kier alpha value is -3.33. The lowest BCUT2D eigenvalue weighted by molar-refractivity contribution is -0.112. The molecule has 180 valence electrons. The summed E-state index contributed by atoms with van der Waals surface area (Å²) in [6, 6.07) is 12.0. The van der Waals surface area contributed by atoms with Crippen LogP contribution in [0.3, 0.4) is 0 Å². The number of hydrazone groups is 1. The van der Waals surface area contributed by atoms with Crippen LogP contribution in [0.25, 0.3) is 0 Å². The molecule has 9 heteroatoms. The van der Waals surface area contributed by atoms with Gasteiger partial charge in [-0.2, -0.15) is 5.10 Å². The summed E-state index contributed by atoms with van der Waals surface area (Å²) in [6.07, 6.45) is 5.96. The van der Waals surface area contributed by atoms with E-state index < -0.39 is 12.0 Å². The molecule has 1 aliphatic heterocycles. The van der Waals surface area contributed by atoms with Gasteiger partial charge in [-0.3, -0.25) is 4.79 Å². The van der Waals surface area contributed by atoms with E-state index in [-0.39, 0.29) is 17.2 Å². The first-order valence-electron chi connectivity index (χ1n) is 11.4. The predicted octanol–water partition coefficient (Wildman–Crippen LogP) is 4.41. The second-order valence-corrected chi connectivity index (χ2v) is 9.26. The number of carboxylic acids is 1. The highest BCUT2D eigenvalue weighted by molar-refractivity contribution is 7.99. The largest absolute Gasteiger partial charge is 0.478 e. The van der Waals surface area contributed by atoms with Gasteiger partial charge in [0.05, 0.1) is 11.3 Å². The molecule has 4 N–H and O–H groups in total. The maximum Gasteiger partial charge on any atom is 0.335 e. The molecule has 0 radical (unpaired) electrons. The molecule has 0 fully saturated rings. The number of aryl methyl sites for hydroxylation is 1. The monoisotopic (exact) mass is 482 g/mol. The van der Waals surface area contributed by atoms with Crippen molar-refractivity contribution in [3.63, 3.8) is 0 Å². The summed E-state index contributed by atoms with van der Waals surface area (Å²) in [5.41, 5.74) is 10.4. The Balaban J connectivity index is 1.65. The Morgan fingerprint density at radius 2 is 1.85 bits per heavy atom. The Kier molecular flexibility index (Phi) is 9.09. The van der Waals surface area contributed by atoms with Crippen LogP contribution < -0.4 is 16.1 Å². The molecule has 0 aliphatic carbocycles. The molecular formula is C25H30N4O4S. The van der Waals surface area contributed by atoms with Gasteiger partial charge in [-0.15, -0.1) is 11.8 Å². The zero-order valence-corrected chi connectivity index (χ0v) is 20.1. The Labute approximate surface area is 203 Å². The number of hydrogen-bond donors (Lipinski definition) is 3. The van der Waals surface area contributed by atoms with Crippen molar-refractivity contribution in [1.29, 1.82) is 0 Å². The van der Waals surface area contributed by atoms with Gasteiger partial charge in [0.2, 0.25) is 0 Å². The van der Waals surface area contributed by atoms with Gasteiger partial charge in [-0.25, -0.2) is 15.0 Å². The SMILES string of the molecule is CCCCCCN1C(=O)/C(=N/NC(N)=O)c2cc(SCCCc3ccc(C(=O)O)cc3)ccc21. The van der Waals surface area contributed by atoms with E-state index in [1.165, 1.54) is 0 Å². The van der Waals surface area contributed by atoms with Crippen molar-refractivity contribution in [2.75, 3.05) is 17.2 Å². The Morgan fingerprint density at radius 1 is 1.09 bits per heavy atom. The second-order valence-electron chi connectivity index (χ2n) is 8.09. The molecule has 0 saturated carbocycles. The first-order valence-corrected chi connectivity index (χ1v) is 12.4. The van der Waals surface area contributed by atoms with Crippen molar-refractivity contribution in [2.24, 2.45) is 10.8 Å².